The molecule has 2 saturated heterocycles. The zero-order chi connectivity index (χ0) is 29.7. The van der Waals surface area contributed by atoms with E-state index in [4.69, 9.17) is 18.9 Å². The van der Waals surface area contributed by atoms with Gasteiger partial charge in [0.2, 0.25) is 0 Å². The van der Waals surface area contributed by atoms with Crippen LogP contribution in [-0.4, -0.2) is 38.5 Å². The second-order valence-electron chi connectivity index (χ2n) is 16.0. The third-order valence-corrected chi connectivity index (χ3v) is 12.7. The highest BCUT2D eigenvalue weighted by Gasteiger charge is 2.57. The van der Waals surface area contributed by atoms with Crippen LogP contribution in [0.25, 0.3) is 6.08 Å². The highest BCUT2D eigenvalue weighted by atomic mass is 16.7. The van der Waals surface area contributed by atoms with Crippen molar-refractivity contribution in [1.82, 2.24) is 0 Å². The fourth-order valence-corrected chi connectivity index (χ4v) is 10.4. The van der Waals surface area contributed by atoms with E-state index in [1.807, 2.05) is 11.6 Å². The van der Waals surface area contributed by atoms with Gasteiger partial charge in [0.1, 0.15) is 0 Å². The van der Waals surface area contributed by atoms with Crippen LogP contribution in [0, 0.1) is 34.5 Å². The van der Waals surface area contributed by atoms with Crippen LogP contribution in [0.1, 0.15) is 121 Å². The number of hydrogen-bond donors (Lipinski definition) is 0. The van der Waals surface area contributed by atoms with Crippen LogP contribution in [0.15, 0.2) is 42.0 Å². The van der Waals surface area contributed by atoms with Crippen molar-refractivity contribution in [3.63, 3.8) is 0 Å². The van der Waals surface area contributed by atoms with Gasteiger partial charge in [-0.2, -0.15) is 0 Å². The largest absolute Gasteiger partial charge is 0.353 e. The Balaban J connectivity index is 1.13. The molecule has 7 atom stereocenters. The first kappa shape index (κ1) is 30.2. The third kappa shape index (κ3) is 5.84. The minimum Gasteiger partial charge on any atom is -0.353 e. The van der Waals surface area contributed by atoms with E-state index in [0.717, 1.165) is 76.3 Å². The number of rotatable bonds is 7. The Morgan fingerprint density at radius 3 is 2.51 bits per heavy atom. The number of ether oxygens (including phenoxy) is 4. The van der Waals surface area contributed by atoms with E-state index in [9.17, 15) is 0 Å². The van der Waals surface area contributed by atoms with Crippen LogP contribution in [0.3, 0.4) is 0 Å². The van der Waals surface area contributed by atoms with Gasteiger partial charge < -0.3 is 18.9 Å². The van der Waals surface area contributed by atoms with E-state index in [1.54, 1.807) is 5.57 Å². The highest BCUT2D eigenvalue weighted by Crippen LogP contribution is 2.67. The van der Waals surface area contributed by atoms with Gasteiger partial charge in [0.25, 0.3) is 0 Å². The molecule has 0 aromatic heterocycles. The molecule has 4 aliphatic carbocycles. The van der Waals surface area contributed by atoms with Gasteiger partial charge in [-0.1, -0.05) is 68.8 Å². The van der Waals surface area contributed by atoms with Gasteiger partial charge in [0.15, 0.2) is 12.1 Å². The zero-order valence-corrected chi connectivity index (χ0v) is 27.2. The van der Waals surface area contributed by atoms with E-state index in [0.29, 0.717) is 17.3 Å². The Bertz CT molecular complexity index is 1170. The molecule has 3 saturated carbocycles. The number of hydrogen-bond acceptors (Lipinski definition) is 4. The second kappa shape index (κ2) is 12.0. The maximum absolute atomic E-state index is 6.56. The first-order valence-corrected chi connectivity index (χ1v) is 17.8. The summed E-state index contributed by atoms with van der Waals surface area (Å²) in [4.78, 5) is 0. The summed E-state index contributed by atoms with van der Waals surface area (Å²) in [5.74, 6) is 3.10. The average Bonchev–Trinajstić information content (AvgIpc) is 3.36. The van der Waals surface area contributed by atoms with E-state index in [1.165, 1.54) is 62.5 Å². The number of benzene rings is 1. The average molecular weight is 589 g/mol. The van der Waals surface area contributed by atoms with Crippen LogP contribution in [-0.2, 0) is 18.9 Å². The Morgan fingerprint density at radius 1 is 0.953 bits per heavy atom. The summed E-state index contributed by atoms with van der Waals surface area (Å²) in [5, 5.41) is 0. The normalized spacial score (nSPS) is 38.3. The maximum atomic E-state index is 6.56. The van der Waals surface area contributed by atoms with E-state index < -0.39 is 0 Å². The molecule has 1 aromatic rings. The molecule has 6 aliphatic rings. The lowest BCUT2D eigenvalue weighted by atomic mass is 9.50. The van der Waals surface area contributed by atoms with Gasteiger partial charge in [-0.3, -0.25) is 0 Å². The first-order valence-electron chi connectivity index (χ1n) is 17.8. The fraction of sp³-hybridized carbons (Fsp3) is 0.744. The molecule has 2 heterocycles. The summed E-state index contributed by atoms with van der Waals surface area (Å²) >= 11 is 0. The van der Waals surface area contributed by atoms with Crippen molar-refractivity contribution >= 4 is 6.08 Å². The lowest BCUT2D eigenvalue weighted by molar-refractivity contribution is -0.312. The van der Waals surface area contributed by atoms with E-state index in [-0.39, 0.29) is 17.5 Å². The highest BCUT2D eigenvalue weighted by molar-refractivity contribution is 5.49. The van der Waals surface area contributed by atoms with E-state index in [2.05, 4.69) is 51.6 Å². The molecule has 0 bridgehead atoms. The lowest BCUT2D eigenvalue weighted by Crippen LogP contribution is -2.51. The van der Waals surface area contributed by atoms with Crippen molar-refractivity contribution in [2.45, 2.75) is 122 Å². The molecule has 7 rings (SSSR count). The fourth-order valence-electron chi connectivity index (χ4n) is 10.4. The predicted octanol–water partition coefficient (Wildman–Crippen LogP) is 9.45. The van der Waals surface area contributed by atoms with Crippen LogP contribution >= 0.6 is 0 Å². The zero-order valence-electron chi connectivity index (χ0n) is 27.2. The van der Waals surface area contributed by atoms with Crippen LogP contribution in [0.4, 0.5) is 0 Å². The molecule has 5 fully saturated rings. The molecule has 4 heteroatoms. The summed E-state index contributed by atoms with van der Waals surface area (Å²) in [6.07, 6.45) is 17.8. The maximum Gasteiger partial charge on any atom is 0.169 e. The van der Waals surface area contributed by atoms with Gasteiger partial charge in [0.05, 0.1) is 13.2 Å². The molecule has 0 amide bonds. The monoisotopic (exact) mass is 588 g/mol. The van der Waals surface area contributed by atoms with Crippen molar-refractivity contribution in [2.24, 2.45) is 34.5 Å². The minimum absolute atomic E-state index is 0.0353. The Labute approximate surface area is 261 Å². The van der Waals surface area contributed by atoms with Crippen molar-refractivity contribution in [2.75, 3.05) is 26.4 Å². The molecule has 1 aromatic carbocycles. The standard InChI is InChI=1S/C39H56O4/c1-5-27-11-13-28(14-12-27)33-24-38(4)30(9-8-22-41-35-10-6-7-21-40-35)16-18-34(38)32-17-15-29-23-39(20-19-31(29)36(32)33)42-25-37(2,3)26-43-39/h5,11-14,29-30,32-35H,1,6-10,15-26H2,2-4H3/t29-,30?,32-,33+,34-,35?,38-/m0/s1. The van der Waals surface area contributed by atoms with E-state index >= 15 is 0 Å². The summed E-state index contributed by atoms with van der Waals surface area (Å²) in [6.45, 7) is 14.6. The Morgan fingerprint density at radius 2 is 1.77 bits per heavy atom. The molecular weight excluding hydrogens is 532 g/mol. The van der Waals surface area contributed by atoms with Crippen molar-refractivity contribution in [3.8, 4) is 0 Å². The van der Waals surface area contributed by atoms with Crippen molar-refractivity contribution < 1.29 is 18.9 Å². The van der Waals surface area contributed by atoms with Crippen molar-refractivity contribution in [3.05, 3.63) is 53.1 Å². The predicted molar refractivity (Wildman–Crippen MR) is 172 cm³/mol. The summed E-state index contributed by atoms with van der Waals surface area (Å²) in [5.41, 5.74) is 6.88. The molecule has 236 valence electrons. The van der Waals surface area contributed by atoms with Gasteiger partial charge in [-0.25, -0.2) is 0 Å². The van der Waals surface area contributed by atoms with Crippen molar-refractivity contribution in [1.29, 1.82) is 0 Å². The smallest absolute Gasteiger partial charge is 0.169 e. The Kier molecular flexibility index (Phi) is 8.46. The quantitative estimate of drug-likeness (QED) is 0.235. The lowest BCUT2D eigenvalue weighted by Gasteiger charge is -2.55. The van der Waals surface area contributed by atoms with Gasteiger partial charge in [-0.15, -0.1) is 0 Å². The molecule has 0 radical (unpaired) electrons. The molecule has 4 nitrogen and oxygen atoms in total. The first-order chi connectivity index (χ1) is 20.8. The van der Waals surface area contributed by atoms with Gasteiger partial charge >= 0.3 is 0 Å². The molecule has 1 spiro atoms. The molecule has 2 unspecified atom stereocenters. The summed E-state index contributed by atoms with van der Waals surface area (Å²) in [6, 6.07) is 9.41. The van der Waals surface area contributed by atoms with Crippen LogP contribution in [0.5, 0.6) is 0 Å². The molecule has 2 aliphatic heterocycles. The number of fused-ring (bicyclic) bond motifs is 4. The summed E-state index contributed by atoms with van der Waals surface area (Å²) in [7, 11) is 0. The molecule has 43 heavy (non-hydrogen) atoms. The van der Waals surface area contributed by atoms with Gasteiger partial charge in [0, 0.05) is 37.4 Å². The summed E-state index contributed by atoms with van der Waals surface area (Å²) < 4.78 is 25.1. The topological polar surface area (TPSA) is 36.9 Å². The van der Waals surface area contributed by atoms with Crippen LogP contribution in [0.2, 0.25) is 0 Å². The SMILES string of the molecule is C=Cc1ccc([C@H]2C[C@@]3(C)C(CCCOC4CCCCO4)CC[C@H]3[C@@H]3CC[C@H]4CC5(CCC4=C32)OCC(C)(C)CO5)cc1. The van der Waals surface area contributed by atoms with Crippen LogP contribution < -0.4 is 0 Å². The number of allylic oxidation sites excluding steroid dienone is 2. The third-order valence-electron chi connectivity index (χ3n) is 12.7. The molecular formula is C39H56O4. The molecule has 0 N–H and O–H groups in total. The second-order valence-corrected chi connectivity index (χ2v) is 16.0. The van der Waals surface area contributed by atoms with Gasteiger partial charge in [-0.05, 0) is 111 Å². The Hall–Kier alpha value is -1.46. The minimum atomic E-state index is -0.357.